The van der Waals surface area contributed by atoms with Gasteiger partial charge in [0.05, 0.1) is 31.8 Å². The minimum absolute atomic E-state index is 0.0391. The lowest BCUT2D eigenvalue weighted by molar-refractivity contribution is -0.385. The fourth-order valence-corrected chi connectivity index (χ4v) is 3.22. The van der Waals surface area contributed by atoms with Gasteiger partial charge in [0.2, 0.25) is 5.91 Å². The summed E-state index contributed by atoms with van der Waals surface area (Å²) in [5.41, 5.74) is 5.41. The standard InChI is InChI=1S/C25H25N3O6/c1-17-12-22(9-10-23(17)28(30)31)34-16-20-13-19(6-11-24(20)33-3)15-26-27-25(29)14-18-4-7-21(32-2)8-5-18/h4-13,15H,14,16H2,1-3H3,(H,27,29). The minimum Gasteiger partial charge on any atom is -0.497 e. The SMILES string of the molecule is COc1ccc(CC(=O)NN=Cc2ccc(OC)c(COc3ccc([N+](=O)[O-])c(C)c3)c2)cc1. The smallest absolute Gasteiger partial charge is 0.272 e. The molecule has 3 rings (SSSR count). The van der Waals surface area contributed by atoms with E-state index in [9.17, 15) is 14.9 Å². The van der Waals surface area contributed by atoms with Crippen molar-refractivity contribution in [3.8, 4) is 17.2 Å². The van der Waals surface area contributed by atoms with Gasteiger partial charge in [0.1, 0.15) is 23.9 Å². The summed E-state index contributed by atoms with van der Waals surface area (Å²) in [4.78, 5) is 22.7. The van der Waals surface area contributed by atoms with Crippen molar-refractivity contribution in [1.29, 1.82) is 0 Å². The first-order valence-electron chi connectivity index (χ1n) is 10.4. The van der Waals surface area contributed by atoms with Crippen molar-refractivity contribution in [2.24, 2.45) is 5.10 Å². The molecule has 0 fully saturated rings. The Morgan fingerprint density at radius 3 is 2.41 bits per heavy atom. The van der Waals surface area contributed by atoms with Gasteiger partial charge in [0, 0.05) is 17.2 Å². The van der Waals surface area contributed by atoms with E-state index in [0.29, 0.717) is 17.1 Å². The fraction of sp³-hybridized carbons (Fsp3) is 0.200. The van der Waals surface area contributed by atoms with Gasteiger partial charge in [0.15, 0.2) is 0 Å². The van der Waals surface area contributed by atoms with Crippen molar-refractivity contribution in [2.45, 2.75) is 20.0 Å². The van der Waals surface area contributed by atoms with E-state index >= 15 is 0 Å². The van der Waals surface area contributed by atoms with Gasteiger partial charge in [-0.05, 0) is 60.5 Å². The molecule has 1 amide bonds. The highest BCUT2D eigenvalue weighted by molar-refractivity contribution is 5.83. The van der Waals surface area contributed by atoms with Crippen LogP contribution >= 0.6 is 0 Å². The fourth-order valence-electron chi connectivity index (χ4n) is 3.22. The molecule has 0 atom stereocenters. The lowest BCUT2D eigenvalue weighted by Gasteiger charge is -2.11. The van der Waals surface area contributed by atoms with Crippen molar-refractivity contribution < 1.29 is 23.9 Å². The number of methoxy groups -OCH3 is 2. The molecule has 0 unspecified atom stereocenters. The molecule has 1 N–H and O–H groups in total. The van der Waals surface area contributed by atoms with Gasteiger partial charge in [-0.1, -0.05) is 12.1 Å². The number of benzene rings is 3. The molecule has 0 saturated carbocycles. The van der Waals surface area contributed by atoms with Crippen molar-refractivity contribution in [3.05, 3.63) is 93.0 Å². The van der Waals surface area contributed by atoms with Crippen LogP contribution in [0.4, 0.5) is 5.69 Å². The molecule has 34 heavy (non-hydrogen) atoms. The van der Waals surface area contributed by atoms with Gasteiger partial charge in [0.25, 0.3) is 5.69 Å². The van der Waals surface area contributed by atoms with E-state index < -0.39 is 4.92 Å². The molecule has 3 aromatic rings. The molecule has 0 radical (unpaired) electrons. The normalized spacial score (nSPS) is 10.7. The average Bonchev–Trinajstić information content (AvgIpc) is 2.83. The number of rotatable bonds is 10. The van der Waals surface area contributed by atoms with Gasteiger partial charge in [-0.3, -0.25) is 14.9 Å². The predicted molar refractivity (Wildman–Crippen MR) is 128 cm³/mol. The molecular weight excluding hydrogens is 438 g/mol. The van der Waals surface area contributed by atoms with Crippen LogP contribution in [-0.2, 0) is 17.8 Å². The second-order valence-electron chi connectivity index (χ2n) is 7.38. The molecule has 0 heterocycles. The number of carbonyl (C=O) groups excluding carboxylic acids is 1. The molecule has 0 bridgehead atoms. The molecule has 0 aliphatic carbocycles. The first-order valence-corrected chi connectivity index (χ1v) is 10.4. The summed E-state index contributed by atoms with van der Waals surface area (Å²) in [7, 11) is 3.14. The lowest BCUT2D eigenvalue weighted by atomic mass is 10.1. The van der Waals surface area contributed by atoms with E-state index in [1.165, 1.54) is 12.3 Å². The van der Waals surface area contributed by atoms with Crippen LogP contribution in [0.5, 0.6) is 17.2 Å². The number of ether oxygens (including phenoxy) is 3. The Bertz CT molecular complexity index is 1190. The Hall–Kier alpha value is -4.40. The Morgan fingerprint density at radius 2 is 1.76 bits per heavy atom. The molecular formula is C25H25N3O6. The monoisotopic (exact) mass is 463 g/mol. The van der Waals surface area contributed by atoms with Gasteiger partial charge in [-0.25, -0.2) is 5.43 Å². The number of hydrogen-bond donors (Lipinski definition) is 1. The first kappa shape index (κ1) is 24.2. The Morgan fingerprint density at radius 1 is 1.03 bits per heavy atom. The van der Waals surface area contributed by atoms with Crippen LogP contribution in [0, 0.1) is 17.0 Å². The van der Waals surface area contributed by atoms with Crippen molar-refractivity contribution in [3.63, 3.8) is 0 Å². The minimum atomic E-state index is -0.430. The third kappa shape index (κ3) is 6.55. The van der Waals surface area contributed by atoms with E-state index in [1.807, 2.05) is 18.2 Å². The zero-order valence-electron chi connectivity index (χ0n) is 19.1. The number of hydrazone groups is 1. The predicted octanol–water partition coefficient (Wildman–Crippen LogP) is 4.19. The highest BCUT2D eigenvalue weighted by Crippen LogP contribution is 2.26. The van der Waals surface area contributed by atoms with Crippen LogP contribution in [0.1, 0.15) is 22.3 Å². The summed E-state index contributed by atoms with van der Waals surface area (Å²) in [6.07, 6.45) is 1.72. The molecule has 176 valence electrons. The van der Waals surface area contributed by atoms with Gasteiger partial charge >= 0.3 is 0 Å². The van der Waals surface area contributed by atoms with Crippen LogP contribution in [-0.4, -0.2) is 31.3 Å². The van der Waals surface area contributed by atoms with E-state index in [2.05, 4.69) is 10.5 Å². The van der Waals surface area contributed by atoms with Gasteiger partial charge in [-0.2, -0.15) is 5.10 Å². The number of nitro benzene ring substituents is 1. The second-order valence-corrected chi connectivity index (χ2v) is 7.38. The van der Waals surface area contributed by atoms with Crippen LogP contribution in [0.2, 0.25) is 0 Å². The van der Waals surface area contributed by atoms with Crippen molar-refractivity contribution in [1.82, 2.24) is 5.43 Å². The summed E-state index contributed by atoms with van der Waals surface area (Å²) in [5, 5.41) is 15.0. The van der Waals surface area contributed by atoms with Crippen LogP contribution < -0.4 is 19.6 Å². The molecule has 0 aromatic heterocycles. The van der Waals surface area contributed by atoms with E-state index in [1.54, 1.807) is 57.5 Å². The Balaban J connectivity index is 1.61. The molecule has 9 heteroatoms. The van der Waals surface area contributed by atoms with Gasteiger partial charge < -0.3 is 14.2 Å². The van der Waals surface area contributed by atoms with Crippen LogP contribution in [0.15, 0.2) is 65.8 Å². The van der Waals surface area contributed by atoms with E-state index in [0.717, 1.165) is 22.4 Å². The Kier molecular flexibility index (Phi) is 8.17. The Labute approximate surface area is 197 Å². The number of hydrogen-bond acceptors (Lipinski definition) is 7. The maximum atomic E-state index is 12.1. The molecule has 9 nitrogen and oxygen atoms in total. The van der Waals surface area contributed by atoms with Crippen LogP contribution in [0.3, 0.4) is 0 Å². The van der Waals surface area contributed by atoms with Gasteiger partial charge in [-0.15, -0.1) is 0 Å². The zero-order valence-corrected chi connectivity index (χ0v) is 19.1. The highest BCUT2D eigenvalue weighted by atomic mass is 16.6. The second kappa shape index (κ2) is 11.5. The largest absolute Gasteiger partial charge is 0.497 e. The summed E-state index contributed by atoms with van der Waals surface area (Å²) >= 11 is 0. The van der Waals surface area contributed by atoms with E-state index in [4.69, 9.17) is 14.2 Å². The summed E-state index contributed by atoms with van der Waals surface area (Å²) in [6.45, 7) is 1.84. The highest BCUT2D eigenvalue weighted by Gasteiger charge is 2.12. The summed E-state index contributed by atoms with van der Waals surface area (Å²) in [6, 6.07) is 17.2. The number of amides is 1. The molecule has 3 aromatic carbocycles. The lowest BCUT2D eigenvalue weighted by Crippen LogP contribution is -2.19. The third-order valence-electron chi connectivity index (χ3n) is 4.99. The number of nitro groups is 1. The molecule has 0 saturated heterocycles. The zero-order chi connectivity index (χ0) is 24.5. The maximum Gasteiger partial charge on any atom is 0.272 e. The number of nitrogens with one attached hydrogen (secondary N) is 1. The topological polar surface area (TPSA) is 112 Å². The maximum absolute atomic E-state index is 12.1. The molecule has 0 aliphatic rings. The average molecular weight is 463 g/mol. The quantitative estimate of drug-likeness (QED) is 0.274. The van der Waals surface area contributed by atoms with Crippen LogP contribution in [0.25, 0.3) is 0 Å². The number of aryl methyl sites for hydroxylation is 1. The summed E-state index contributed by atoms with van der Waals surface area (Å²) < 4.78 is 16.3. The van der Waals surface area contributed by atoms with E-state index in [-0.39, 0.29) is 24.6 Å². The number of carbonyl (C=O) groups is 1. The summed E-state index contributed by atoms with van der Waals surface area (Å²) in [5.74, 6) is 1.62. The first-order chi connectivity index (χ1) is 16.4. The molecule has 0 aliphatic heterocycles. The van der Waals surface area contributed by atoms with Crippen molar-refractivity contribution >= 4 is 17.8 Å². The third-order valence-corrected chi connectivity index (χ3v) is 4.99. The number of nitrogens with zero attached hydrogens (tertiary/aromatic N) is 2. The van der Waals surface area contributed by atoms with Crippen molar-refractivity contribution in [2.75, 3.05) is 14.2 Å². The molecule has 0 spiro atoms.